The van der Waals surface area contributed by atoms with Gasteiger partial charge in [0.2, 0.25) is 0 Å². The zero-order chi connectivity index (χ0) is 19.3. The van der Waals surface area contributed by atoms with E-state index in [0.717, 1.165) is 37.8 Å². The van der Waals surface area contributed by atoms with E-state index in [2.05, 4.69) is 25.1 Å². The molecule has 2 aromatic heterocycles. The van der Waals surface area contributed by atoms with Crippen LogP contribution >= 0.6 is 11.6 Å². The molecule has 1 N–H and O–H groups in total. The Morgan fingerprint density at radius 1 is 0.893 bits per heavy atom. The minimum absolute atomic E-state index is 0.207. The summed E-state index contributed by atoms with van der Waals surface area (Å²) in [5.74, 6) is 1.67. The van der Waals surface area contributed by atoms with Gasteiger partial charge in [-0.1, -0.05) is 23.7 Å². The SMILES string of the molecule is O=C(Nc1cccc(Cl)c1)c1ccc(N2CCN(c3ccccn3)CC2)nc1. The molecule has 1 fully saturated rings. The fraction of sp³-hybridized carbons (Fsp3) is 0.190. The van der Waals surface area contributed by atoms with E-state index < -0.39 is 0 Å². The Bertz CT molecular complexity index is 941. The summed E-state index contributed by atoms with van der Waals surface area (Å²) in [4.78, 5) is 25.8. The average Bonchev–Trinajstić information content (AvgIpc) is 2.75. The van der Waals surface area contributed by atoms with Gasteiger partial charge < -0.3 is 15.1 Å². The Kier molecular flexibility index (Phi) is 5.39. The van der Waals surface area contributed by atoms with Gasteiger partial charge >= 0.3 is 0 Å². The van der Waals surface area contributed by atoms with E-state index in [9.17, 15) is 4.79 Å². The molecule has 1 saturated heterocycles. The molecule has 1 amide bonds. The summed E-state index contributed by atoms with van der Waals surface area (Å²) in [6.45, 7) is 3.49. The van der Waals surface area contributed by atoms with E-state index in [-0.39, 0.29) is 5.91 Å². The van der Waals surface area contributed by atoms with Crippen molar-refractivity contribution in [1.29, 1.82) is 0 Å². The highest BCUT2D eigenvalue weighted by Crippen LogP contribution is 2.19. The second-order valence-electron chi connectivity index (χ2n) is 6.53. The molecule has 3 heterocycles. The van der Waals surface area contributed by atoms with E-state index in [1.807, 2.05) is 30.5 Å². The van der Waals surface area contributed by atoms with Gasteiger partial charge in [0.1, 0.15) is 11.6 Å². The van der Waals surface area contributed by atoms with Gasteiger partial charge in [-0.25, -0.2) is 9.97 Å². The van der Waals surface area contributed by atoms with Gasteiger partial charge in [0.25, 0.3) is 5.91 Å². The highest BCUT2D eigenvalue weighted by atomic mass is 35.5. The molecule has 1 aromatic carbocycles. The maximum atomic E-state index is 12.4. The normalized spacial score (nSPS) is 14.0. The van der Waals surface area contributed by atoms with E-state index >= 15 is 0 Å². The Labute approximate surface area is 168 Å². The maximum Gasteiger partial charge on any atom is 0.257 e. The Morgan fingerprint density at radius 2 is 1.64 bits per heavy atom. The van der Waals surface area contributed by atoms with E-state index in [4.69, 9.17) is 11.6 Å². The predicted molar refractivity (Wildman–Crippen MR) is 112 cm³/mol. The van der Waals surface area contributed by atoms with Crippen LogP contribution in [-0.4, -0.2) is 42.1 Å². The van der Waals surface area contributed by atoms with Gasteiger partial charge in [0.05, 0.1) is 5.56 Å². The Hall–Kier alpha value is -3.12. The molecule has 1 aliphatic rings. The number of nitrogens with zero attached hydrogens (tertiary/aromatic N) is 4. The molecule has 1 aliphatic heterocycles. The van der Waals surface area contributed by atoms with Gasteiger partial charge in [-0.15, -0.1) is 0 Å². The lowest BCUT2D eigenvalue weighted by Crippen LogP contribution is -2.47. The number of amides is 1. The number of halogens is 1. The number of anilines is 3. The summed E-state index contributed by atoms with van der Waals surface area (Å²) in [7, 11) is 0. The molecule has 6 nitrogen and oxygen atoms in total. The van der Waals surface area contributed by atoms with Crippen molar-refractivity contribution in [2.75, 3.05) is 41.3 Å². The molecule has 4 rings (SSSR count). The van der Waals surface area contributed by atoms with Gasteiger partial charge in [-0.3, -0.25) is 4.79 Å². The standard InChI is InChI=1S/C21H20ClN5O/c22-17-4-3-5-18(14-17)25-21(28)16-7-8-20(24-15-16)27-12-10-26(11-13-27)19-6-1-2-9-23-19/h1-9,14-15H,10-13H2,(H,25,28). The number of rotatable bonds is 4. The second-order valence-corrected chi connectivity index (χ2v) is 6.97. The molecule has 142 valence electrons. The fourth-order valence-corrected chi connectivity index (χ4v) is 3.37. The smallest absolute Gasteiger partial charge is 0.257 e. The largest absolute Gasteiger partial charge is 0.353 e. The monoisotopic (exact) mass is 393 g/mol. The maximum absolute atomic E-state index is 12.4. The van der Waals surface area contributed by atoms with Crippen LogP contribution in [0.15, 0.2) is 67.0 Å². The van der Waals surface area contributed by atoms with Crippen LogP contribution in [0.5, 0.6) is 0 Å². The number of pyridine rings is 2. The topological polar surface area (TPSA) is 61.4 Å². The first kappa shape index (κ1) is 18.3. The lowest BCUT2D eigenvalue weighted by atomic mass is 10.2. The van der Waals surface area contributed by atoms with Crippen LogP contribution in [0, 0.1) is 0 Å². The van der Waals surface area contributed by atoms with Crippen molar-refractivity contribution in [2.45, 2.75) is 0 Å². The number of nitrogens with one attached hydrogen (secondary N) is 1. The molecule has 0 radical (unpaired) electrons. The summed E-state index contributed by atoms with van der Waals surface area (Å²) in [6.07, 6.45) is 3.43. The average molecular weight is 394 g/mol. The van der Waals surface area contributed by atoms with Crippen LogP contribution in [0.4, 0.5) is 17.3 Å². The van der Waals surface area contributed by atoms with Crippen LogP contribution < -0.4 is 15.1 Å². The molecular formula is C21H20ClN5O. The number of aromatic nitrogens is 2. The zero-order valence-corrected chi connectivity index (χ0v) is 16.0. The van der Waals surface area contributed by atoms with Crippen molar-refractivity contribution >= 4 is 34.8 Å². The van der Waals surface area contributed by atoms with Crippen molar-refractivity contribution in [3.8, 4) is 0 Å². The van der Waals surface area contributed by atoms with E-state index in [0.29, 0.717) is 16.3 Å². The van der Waals surface area contributed by atoms with Gasteiger partial charge in [0.15, 0.2) is 0 Å². The molecule has 0 atom stereocenters. The third kappa shape index (κ3) is 4.23. The first-order valence-electron chi connectivity index (χ1n) is 9.13. The lowest BCUT2D eigenvalue weighted by Gasteiger charge is -2.36. The zero-order valence-electron chi connectivity index (χ0n) is 15.3. The summed E-state index contributed by atoms with van der Waals surface area (Å²) < 4.78 is 0. The van der Waals surface area contributed by atoms with Crippen molar-refractivity contribution in [1.82, 2.24) is 9.97 Å². The first-order valence-corrected chi connectivity index (χ1v) is 9.51. The molecule has 0 spiro atoms. The summed E-state index contributed by atoms with van der Waals surface area (Å²) in [5.41, 5.74) is 1.17. The van der Waals surface area contributed by atoms with Gasteiger partial charge in [-0.2, -0.15) is 0 Å². The number of hydrogen-bond donors (Lipinski definition) is 1. The minimum atomic E-state index is -0.207. The second kappa shape index (κ2) is 8.27. The highest BCUT2D eigenvalue weighted by molar-refractivity contribution is 6.30. The summed E-state index contributed by atoms with van der Waals surface area (Å²) in [5, 5.41) is 3.41. The number of carbonyl (C=O) groups excluding carboxylic acids is 1. The van der Waals surface area contributed by atoms with Gasteiger partial charge in [-0.05, 0) is 42.5 Å². The lowest BCUT2D eigenvalue weighted by molar-refractivity contribution is 0.102. The third-order valence-corrected chi connectivity index (χ3v) is 4.90. The van der Waals surface area contributed by atoms with Crippen molar-refractivity contribution in [3.05, 3.63) is 77.6 Å². The van der Waals surface area contributed by atoms with Crippen LogP contribution in [-0.2, 0) is 0 Å². The third-order valence-electron chi connectivity index (χ3n) is 4.67. The summed E-state index contributed by atoms with van der Waals surface area (Å²) in [6, 6.07) is 16.7. The minimum Gasteiger partial charge on any atom is -0.353 e. The summed E-state index contributed by atoms with van der Waals surface area (Å²) >= 11 is 5.95. The van der Waals surface area contributed by atoms with Crippen molar-refractivity contribution in [3.63, 3.8) is 0 Å². The van der Waals surface area contributed by atoms with E-state index in [1.54, 1.807) is 36.5 Å². The molecule has 0 saturated carbocycles. The van der Waals surface area contributed by atoms with Crippen molar-refractivity contribution < 1.29 is 4.79 Å². The molecule has 3 aromatic rings. The number of piperazine rings is 1. The molecule has 0 unspecified atom stereocenters. The van der Waals surface area contributed by atoms with E-state index in [1.165, 1.54) is 0 Å². The first-order chi connectivity index (χ1) is 13.7. The van der Waals surface area contributed by atoms with Crippen LogP contribution in [0.1, 0.15) is 10.4 Å². The predicted octanol–water partition coefficient (Wildman–Crippen LogP) is 3.71. The van der Waals surface area contributed by atoms with Crippen LogP contribution in [0.25, 0.3) is 0 Å². The number of benzene rings is 1. The molecule has 28 heavy (non-hydrogen) atoms. The van der Waals surface area contributed by atoms with Crippen molar-refractivity contribution in [2.24, 2.45) is 0 Å². The molecule has 0 aliphatic carbocycles. The molecule has 0 bridgehead atoms. The Balaban J connectivity index is 1.36. The fourth-order valence-electron chi connectivity index (χ4n) is 3.18. The number of hydrogen-bond acceptors (Lipinski definition) is 5. The molecular weight excluding hydrogens is 374 g/mol. The molecule has 7 heteroatoms. The number of carbonyl (C=O) groups is 1. The highest BCUT2D eigenvalue weighted by Gasteiger charge is 2.19. The Morgan fingerprint density at radius 3 is 2.25 bits per heavy atom. The van der Waals surface area contributed by atoms with Crippen LogP contribution in [0.2, 0.25) is 5.02 Å². The van der Waals surface area contributed by atoms with Gasteiger partial charge in [0, 0.05) is 49.3 Å². The quantitative estimate of drug-likeness (QED) is 0.732. The van der Waals surface area contributed by atoms with Crippen LogP contribution in [0.3, 0.4) is 0 Å².